The van der Waals surface area contributed by atoms with Gasteiger partial charge in [0, 0.05) is 0 Å². The molecule has 0 aromatic rings. The number of nitrogens with zero attached hydrogens (tertiary/aromatic N) is 2. The molecule has 118 valence electrons. The van der Waals surface area contributed by atoms with E-state index in [1.807, 2.05) is 0 Å². The van der Waals surface area contributed by atoms with Crippen LogP contribution >= 0.6 is 0 Å². The van der Waals surface area contributed by atoms with E-state index in [-0.39, 0.29) is 24.0 Å². The van der Waals surface area contributed by atoms with Crippen molar-refractivity contribution in [1.29, 1.82) is 0 Å². The number of unbranched alkanes of at least 4 members (excludes halogenated alkanes) is 7. The predicted octanol–water partition coefficient (Wildman–Crippen LogP) is 0.524. The van der Waals surface area contributed by atoms with Crippen molar-refractivity contribution in [2.45, 2.75) is 51.4 Å². The van der Waals surface area contributed by atoms with Crippen LogP contribution in [-0.2, 0) is 0 Å². The molecule has 0 N–H and O–H groups in total. The Hall–Kier alpha value is 0.650. The summed E-state index contributed by atoms with van der Waals surface area (Å²) < 4.78 is 2.23. The maximum atomic E-state index is 2.29. The van der Waals surface area contributed by atoms with Gasteiger partial charge >= 0.3 is 0 Å². The van der Waals surface area contributed by atoms with Gasteiger partial charge in [-0.05, 0) is 25.7 Å². The van der Waals surface area contributed by atoms with Crippen molar-refractivity contribution in [3.05, 3.63) is 0 Å². The summed E-state index contributed by atoms with van der Waals surface area (Å²) in [7, 11) is 13.7. The summed E-state index contributed by atoms with van der Waals surface area (Å²) >= 11 is 0. The van der Waals surface area contributed by atoms with Crippen LogP contribution < -0.4 is 24.0 Å². The normalized spacial score (nSPS) is 12.3. The van der Waals surface area contributed by atoms with Gasteiger partial charge in [0.15, 0.2) is 0 Å². The summed E-state index contributed by atoms with van der Waals surface area (Å²) in [5, 5.41) is 0. The number of quaternary nitrogens is 2. The number of rotatable bonds is 11. The van der Waals surface area contributed by atoms with Gasteiger partial charge in [-0.3, -0.25) is 0 Å². The Morgan fingerprint density at radius 3 is 0.842 bits per heavy atom. The van der Waals surface area contributed by atoms with Crippen LogP contribution in [0.25, 0.3) is 0 Å². The molecule has 0 saturated carbocycles. The second-order valence-electron chi connectivity index (χ2n) is 7.86. The first-order valence-corrected chi connectivity index (χ1v) is 7.82. The van der Waals surface area contributed by atoms with E-state index < -0.39 is 0 Å². The summed E-state index contributed by atoms with van der Waals surface area (Å²) in [4.78, 5) is 0. The highest BCUT2D eigenvalue weighted by atomic mass is 127. The Kier molecular flexibility index (Phi) is 13.1. The van der Waals surface area contributed by atoms with Crippen LogP contribution in [0.5, 0.6) is 0 Å². The molecule has 0 fully saturated rings. The molecule has 0 aliphatic heterocycles. The van der Waals surface area contributed by atoms with Crippen LogP contribution in [0.3, 0.4) is 0 Å². The quantitative estimate of drug-likeness (QED) is 0.277. The molecular weight excluding hydrogens is 347 g/mol. The minimum atomic E-state index is 0. The molecule has 0 rings (SSSR count). The molecule has 0 aromatic heterocycles. The summed E-state index contributed by atoms with van der Waals surface area (Å²) in [6, 6.07) is 0. The zero-order valence-electron chi connectivity index (χ0n) is 14.3. The van der Waals surface area contributed by atoms with Crippen LogP contribution in [0.4, 0.5) is 0 Å². The van der Waals surface area contributed by atoms with Gasteiger partial charge in [-0.1, -0.05) is 25.7 Å². The molecule has 0 aromatic carbocycles. The maximum Gasteiger partial charge on any atom is 0.0780 e. The molecule has 0 bridgehead atoms. The van der Waals surface area contributed by atoms with Crippen molar-refractivity contribution >= 4 is 0 Å². The number of halogens is 1. The van der Waals surface area contributed by atoms with E-state index in [9.17, 15) is 0 Å². The number of hydrogen-bond donors (Lipinski definition) is 0. The minimum absolute atomic E-state index is 0. The lowest BCUT2D eigenvalue weighted by Crippen LogP contribution is -3.00. The Morgan fingerprint density at radius 1 is 0.421 bits per heavy atom. The lowest BCUT2D eigenvalue weighted by molar-refractivity contribution is -0.870. The first kappa shape index (κ1) is 21.9. The molecule has 0 atom stereocenters. The van der Waals surface area contributed by atoms with Crippen LogP contribution in [-0.4, -0.2) is 64.3 Å². The van der Waals surface area contributed by atoms with Crippen LogP contribution in [0.15, 0.2) is 0 Å². The SMILES string of the molecule is C[N+](C)(C)CCCCCCCCCC[N+](C)(C)C.[I-]. The van der Waals surface area contributed by atoms with Gasteiger partial charge in [0.1, 0.15) is 0 Å². The molecule has 2 nitrogen and oxygen atoms in total. The largest absolute Gasteiger partial charge is 1.00 e. The molecule has 0 unspecified atom stereocenters. The van der Waals surface area contributed by atoms with Crippen LogP contribution in [0.2, 0.25) is 0 Å². The molecule has 0 saturated heterocycles. The smallest absolute Gasteiger partial charge is 0.0780 e. The zero-order chi connectivity index (χ0) is 14.1. The summed E-state index contributed by atoms with van der Waals surface area (Å²) in [5.41, 5.74) is 0. The lowest BCUT2D eigenvalue weighted by atomic mass is 10.1. The third-order valence-corrected chi connectivity index (χ3v) is 3.41. The zero-order valence-corrected chi connectivity index (χ0v) is 16.5. The van der Waals surface area contributed by atoms with E-state index in [2.05, 4.69) is 42.3 Å². The van der Waals surface area contributed by atoms with Crippen molar-refractivity contribution in [2.24, 2.45) is 0 Å². The highest BCUT2D eigenvalue weighted by Crippen LogP contribution is 2.10. The fourth-order valence-corrected chi connectivity index (χ4v) is 2.23. The van der Waals surface area contributed by atoms with E-state index in [0.717, 1.165) is 8.97 Å². The van der Waals surface area contributed by atoms with Gasteiger partial charge in [-0.15, -0.1) is 0 Å². The van der Waals surface area contributed by atoms with Crippen molar-refractivity contribution in [3.8, 4) is 0 Å². The van der Waals surface area contributed by atoms with Crippen molar-refractivity contribution in [1.82, 2.24) is 0 Å². The minimum Gasteiger partial charge on any atom is -1.00 e. The van der Waals surface area contributed by atoms with Crippen molar-refractivity contribution < 1.29 is 32.9 Å². The molecule has 3 heteroatoms. The summed E-state index contributed by atoms with van der Waals surface area (Å²) in [6.07, 6.45) is 11.4. The molecule has 0 spiro atoms. The molecule has 19 heavy (non-hydrogen) atoms. The Labute approximate surface area is 139 Å². The van der Waals surface area contributed by atoms with E-state index >= 15 is 0 Å². The number of hydrogen-bond acceptors (Lipinski definition) is 0. The highest BCUT2D eigenvalue weighted by Gasteiger charge is 2.06. The van der Waals surface area contributed by atoms with Crippen molar-refractivity contribution in [2.75, 3.05) is 55.4 Å². The molecule has 0 aliphatic rings. The third-order valence-electron chi connectivity index (χ3n) is 3.41. The average Bonchev–Trinajstić information content (AvgIpc) is 2.17. The molecule has 0 aliphatic carbocycles. The summed E-state index contributed by atoms with van der Waals surface area (Å²) in [6.45, 7) is 2.65. The Balaban J connectivity index is 0. The first-order valence-electron chi connectivity index (χ1n) is 7.82. The second-order valence-corrected chi connectivity index (χ2v) is 7.86. The molecule has 0 amide bonds. The third kappa shape index (κ3) is 21.1. The van der Waals surface area contributed by atoms with E-state index in [1.54, 1.807) is 0 Å². The summed E-state index contributed by atoms with van der Waals surface area (Å²) in [5.74, 6) is 0. The Morgan fingerprint density at radius 2 is 0.632 bits per heavy atom. The van der Waals surface area contributed by atoms with Gasteiger partial charge in [0.25, 0.3) is 0 Å². The molecular formula is C16H38IN2+. The first-order chi connectivity index (χ1) is 8.21. The second kappa shape index (κ2) is 11.3. The van der Waals surface area contributed by atoms with Crippen molar-refractivity contribution in [3.63, 3.8) is 0 Å². The van der Waals surface area contributed by atoms with Gasteiger partial charge in [0.05, 0.1) is 55.4 Å². The lowest BCUT2D eigenvalue weighted by Gasteiger charge is -2.23. The van der Waals surface area contributed by atoms with Gasteiger partial charge < -0.3 is 32.9 Å². The van der Waals surface area contributed by atoms with Gasteiger partial charge in [0.2, 0.25) is 0 Å². The predicted molar refractivity (Wildman–Crippen MR) is 82.7 cm³/mol. The maximum absolute atomic E-state index is 2.29. The molecule has 0 heterocycles. The van der Waals surface area contributed by atoms with Gasteiger partial charge in [-0.25, -0.2) is 0 Å². The van der Waals surface area contributed by atoms with E-state index in [4.69, 9.17) is 0 Å². The monoisotopic (exact) mass is 385 g/mol. The van der Waals surface area contributed by atoms with Crippen LogP contribution in [0.1, 0.15) is 51.4 Å². The Bertz CT molecular complexity index is 170. The highest BCUT2D eigenvalue weighted by molar-refractivity contribution is 4.47. The van der Waals surface area contributed by atoms with E-state index in [1.165, 1.54) is 64.5 Å². The van der Waals surface area contributed by atoms with E-state index in [0.29, 0.717) is 0 Å². The molecule has 0 radical (unpaired) electrons. The fraction of sp³-hybridized carbons (Fsp3) is 1.00. The fourth-order valence-electron chi connectivity index (χ4n) is 2.23. The topological polar surface area (TPSA) is 0 Å². The standard InChI is InChI=1S/C16H38N2.HI/c1-17(2,3)15-13-11-9-7-8-10-12-14-16-18(4,5)6;/h7-16H2,1-6H3;1H/q+2;/p-1. The van der Waals surface area contributed by atoms with Crippen LogP contribution in [0, 0.1) is 0 Å². The average molecular weight is 385 g/mol. The van der Waals surface area contributed by atoms with Gasteiger partial charge in [-0.2, -0.15) is 0 Å².